The average molecular weight is 400 g/mol. The van der Waals surface area contributed by atoms with Crippen LogP contribution in [0.2, 0.25) is 0 Å². The lowest BCUT2D eigenvalue weighted by atomic mass is 10.1. The third kappa shape index (κ3) is 5.17. The Labute approximate surface area is 151 Å². The maximum Gasteiger partial charge on any atom is 0.410 e. The van der Waals surface area contributed by atoms with Gasteiger partial charge in [-0.25, -0.2) is 4.79 Å². The average Bonchev–Trinajstić information content (AvgIpc) is 2.95. The number of benzene rings is 1. The van der Waals surface area contributed by atoms with E-state index >= 15 is 0 Å². The zero-order chi connectivity index (χ0) is 17.9. The smallest absolute Gasteiger partial charge is 0.410 e. The molecule has 3 atom stereocenters. The van der Waals surface area contributed by atoms with Crippen LogP contribution in [0.25, 0.3) is 0 Å². The van der Waals surface area contributed by atoms with Crippen molar-refractivity contribution in [3.8, 4) is 0 Å². The number of hydrogen-bond donors (Lipinski definition) is 3. The Morgan fingerprint density at radius 3 is 2.62 bits per heavy atom. The number of nitrogens with two attached hydrogens (primary N) is 1. The summed E-state index contributed by atoms with van der Waals surface area (Å²) >= 11 is 3.38. The summed E-state index contributed by atoms with van der Waals surface area (Å²) in [6.45, 7) is 6.06. The molecule has 24 heavy (non-hydrogen) atoms. The number of rotatable bonds is 4. The van der Waals surface area contributed by atoms with Gasteiger partial charge >= 0.3 is 6.09 Å². The first-order valence-corrected chi connectivity index (χ1v) is 8.91. The fourth-order valence-electron chi connectivity index (χ4n) is 2.73. The number of carbonyl (C=O) groups excluding carboxylic acids is 1. The van der Waals surface area contributed by atoms with E-state index in [9.17, 15) is 9.90 Å². The predicted molar refractivity (Wildman–Crippen MR) is 96.2 cm³/mol. The number of likely N-dealkylation sites (tertiary alicyclic amines) is 1. The number of hydrogen-bond acceptors (Lipinski definition) is 5. The number of ether oxygens (including phenoxy) is 1. The highest BCUT2D eigenvalue weighted by Gasteiger charge is 2.36. The Morgan fingerprint density at radius 1 is 1.42 bits per heavy atom. The molecule has 1 aliphatic heterocycles. The first-order chi connectivity index (χ1) is 11.2. The molecular formula is C17H26BrN3O3. The molecule has 1 aromatic rings. The maximum atomic E-state index is 12.3. The number of nitrogens with zero attached hydrogens (tertiary/aromatic N) is 1. The Bertz CT molecular complexity index is 559. The highest BCUT2D eigenvalue weighted by Crippen LogP contribution is 2.23. The van der Waals surface area contributed by atoms with Gasteiger partial charge in [0.25, 0.3) is 0 Å². The molecule has 0 aromatic heterocycles. The molecule has 0 saturated carbocycles. The Kier molecular flexibility index (Phi) is 6.25. The van der Waals surface area contributed by atoms with E-state index in [-0.39, 0.29) is 6.04 Å². The van der Waals surface area contributed by atoms with E-state index in [1.807, 2.05) is 45.0 Å². The summed E-state index contributed by atoms with van der Waals surface area (Å²) in [6.07, 6.45) is -0.299. The lowest BCUT2D eigenvalue weighted by Crippen LogP contribution is -2.52. The van der Waals surface area contributed by atoms with E-state index in [1.165, 1.54) is 0 Å². The fraction of sp³-hybridized carbons (Fsp3) is 0.588. The van der Waals surface area contributed by atoms with E-state index in [0.29, 0.717) is 13.0 Å². The van der Waals surface area contributed by atoms with E-state index in [1.54, 1.807) is 4.90 Å². The molecule has 1 amide bonds. The quantitative estimate of drug-likeness (QED) is 0.677. The first-order valence-electron chi connectivity index (χ1n) is 8.12. The maximum absolute atomic E-state index is 12.3. The number of carbonyl (C=O) groups is 1. The third-order valence-corrected chi connectivity index (χ3v) is 4.40. The molecule has 1 saturated heterocycles. The van der Waals surface area contributed by atoms with Gasteiger partial charge < -0.3 is 20.5 Å². The number of halogens is 1. The molecule has 0 bridgehead atoms. The monoisotopic (exact) mass is 399 g/mol. The molecule has 1 fully saturated rings. The van der Waals surface area contributed by atoms with Gasteiger partial charge in [0.1, 0.15) is 11.8 Å². The van der Waals surface area contributed by atoms with Gasteiger partial charge in [0, 0.05) is 11.0 Å². The first kappa shape index (κ1) is 19.2. The van der Waals surface area contributed by atoms with Gasteiger partial charge in [0.2, 0.25) is 0 Å². The van der Waals surface area contributed by atoms with Crippen LogP contribution in [0.3, 0.4) is 0 Å². The molecule has 0 aliphatic carbocycles. The molecule has 0 radical (unpaired) electrons. The van der Waals surface area contributed by atoms with Crippen LogP contribution in [-0.4, -0.2) is 40.5 Å². The van der Waals surface area contributed by atoms with Crippen LogP contribution in [0.4, 0.5) is 4.79 Å². The van der Waals surface area contributed by atoms with Crippen LogP contribution in [0.5, 0.6) is 0 Å². The number of aliphatic hydroxyl groups is 1. The highest BCUT2D eigenvalue weighted by atomic mass is 79.9. The number of amides is 1. The third-order valence-electron chi connectivity index (χ3n) is 3.87. The second-order valence-corrected chi connectivity index (χ2v) is 7.94. The van der Waals surface area contributed by atoms with Gasteiger partial charge in [-0.15, -0.1) is 0 Å². The van der Waals surface area contributed by atoms with Crippen molar-refractivity contribution in [2.24, 2.45) is 5.73 Å². The summed E-state index contributed by atoms with van der Waals surface area (Å²) in [5.74, 6) is 0. The highest BCUT2D eigenvalue weighted by molar-refractivity contribution is 9.10. The van der Waals surface area contributed by atoms with Gasteiger partial charge in [-0.1, -0.05) is 28.1 Å². The van der Waals surface area contributed by atoms with Crippen molar-refractivity contribution < 1.29 is 14.6 Å². The SMILES string of the molecule is CC(C)(C)OC(=O)N1CCC[C@H]1C(O)NC(N)c1ccc(Br)cc1. The standard InChI is InChI=1S/C17H26BrN3O3/c1-17(2,3)24-16(23)21-10-4-5-13(21)15(22)20-14(19)11-6-8-12(18)9-7-11/h6-9,13-15,20,22H,4-5,10,19H2,1-3H3/t13-,14?,15?/m0/s1. The second-order valence-electron chi connectivity index (χ2n) is 7.02. The van der Waals surface area contributed by atoms with Gasteiger partial charge in [-0.05, 0) is 51.3 Å². The van der Waals surface area contributed by atoms with Gasteiger partial charge in [0.05, 0.1) is 12.2 Å². The number of aliphatic hydroxyl groups excluding tert-OH is 1. The Hall–Kier alpha value is -1.15. The number of nitrogens with one attached hydrogen (secondary N) is 1. The van der Waals surface area contributed by atoms with E-state index in [2.05, 4.69) is 21.2 Å². The van der Waals surface area contributed by atoms with Crippen LogP contribution in [0.1, 0.15) is 45.3 Å². The molecule has 4 N–H and O–H groups in total. The minimum atomic E-state index is -0.918. The molecule has 0 spiro atoms. The molecule has 7 heteroatoms. The van der Waals surface area contributed by atoms with Gasteiger partial charge in [-0.3, -0.25) is 5.32 Å². The molecular weight excluding hydrogens is 374 g/mol. The zero-order valence-electron chi connectivity index (χ0n) is 14.3. The fourth-order valence-corrected chi connectivity index (χ4v) is 2.99. The van der Waals surface area contributed by atoms with Crippen LogP contribution in [0.15, 0.2) is 28.7 Å². The minimum absolute atomic E-state index is 0.346. The van der Waals surface area contributed by atoms with Gasteiger partial charge in [-0.2, -0.15) is 0 Å². The minimum Gasteiger partial charge on any atom is -0.444 e. The topological polar surface area (TPSA) is 87.8 Å². The molecule has 6 nitrogen and oxygen atoms in total. The lowest BCUT2D eigenvalue weighted by molar-refractivity contribution is -0.00401. The van der Waals surface area contributed by atoms with Crippen molar-refractivity contribution in [1.29, 1.82) is 0 Å². The molecule has 2 rings (SSSR count). The van der Waals surface area contributed by atoms with Crippen molar-refractivity contribution in [2.45, 2.75) is 57.6 Å². The normalized spacial score (nSPS) is 20.8. The second kappa shape index (κ2) is 7.82. The van der Waals surface area contributed by atoms with E-state index < -0.39 is 24.1 Å². The molecule has 1 heterocycles. The summed E-state index contributed by atoms with van der Waals surface area (Å²) in [4.78, 5) is 13.9. The lowest BCUT2D eigenvalue weighted by Gasteiger charge is -2.32. The zero-order valence-corrected chi connectivity index (χ0v) is 15.9. The van der Waals surface area contributed by atoms with Crippen molar-refractivity contribution in [1.82, 2.24) is 10.2 Å². The summed E-state index contributed by atoms with van der Waals surface area (Å²) in [7, 11) is 0. The van der Waals surface area contributed by atoms with Crippen LogP contribution >= 0.6 is 15.9 Å². The van der Waals surface area contributed by atoms with E-state index in [0.717, 1.165) is 16.5 Å². The summed E-state index contributed by atoms with van der Waals surface area (Å²) in [6, 6.07) is 7.21. The van der Waals surface area contributed by atoms with Crippen LogP contribution < -0.4 is 11.1 Å². The summed E-state index contributed by atoms with van der Waals surface area (Å²) in [5, 5.41) is 13.5. The van der Waals surface area contributed by atoms with Crippen molar-refractivity contribution in [2.75, 3.05) is 6.54 Å². The Balaban J connectivity index is 1.98. The summed E-state index contributed by atoms with van der Waals surface area (Å²) in [5.41, 5.74) is 6.42. The molecule has 2 unspecified atom stereocenters. The molecule has 1 aromatic carbocycles. The van der Waals surface area contributed by atoms with Crippen molar-refractivity contribution >= 4 is 22.0 Å². The Morgan fingerprint density at radius 2 is 2.04 bits per heavy atom. The van der Waals surface area contributed by atoms with Crippen LogP contribution in [-0.2, 0) is 4.74 Å². The van der Waals surface area contributed by atoms with Crippen molar-refractivity contribution in [3.63, 3.8) is 0 Å². The van der Waals surface area contributed by atoms with Crippen LogP contribution in [0, 0.1) is 0 Å². The van der Waals surface area contributed by atoms with Crippen molar-refractivity contribution in [3.05, 3.63) is 34.3 Å². The molecule has 1 aliphatic rings. The van der Waals surface area contributed by atoms with Gasteiger partial charge in [0.15, 0.2) is 0 Å². The van der Waals surface area contributed by atoms with E-state index in [4.69, 9.17) is 10.5 Å². The largest absolute Gasteiger partial charge is 0.444 e. The predicted octanol–water partition coefficient (Wildman–Crippen LogP) is 2.71. The molecule has 134 valence electrons. The summed E-state index contributed by atoms with van der Waals surface area (Å²) < 4.78 is 6.38.